The number of likely N-dealkylation sites (tertiary alicyclic amines) is 1. The van der Waals surface area contributed by atoms with Gasteiger partial charge in [0.05, 0.1) is 11.2 Å². The molecule has 2 heterocycles. The highest BCUT2D eigenvalue weighted by atomic mass is 16.2. The number of aromatic amines is 1. The first-order chi connectivity index (χ1) is 9.56. The Bertz CT molecular complexity index is 646. The number of rotatable bonds is 1. The van der Waals surface area contributed by atoms with Gasteiger partial charge in [-0.2, -0.15) is 0 Å². The third kappa shape index (κ3) is 2.15. The van der Waals surface area contributed by atoms with E-state index in [-0.39, 0.29) is 5.91 Å². The molecule has 0 saturated carbocycles. The molecule has 1 fully saturated rings. The summed E-state index contributed by atoms with van der Waals surface area (Å²) in [4.78, 5) is 17.9. The summed E-state index contributed by atoms with van der Waals surface area (Å²) >= 11 is 0. The SMILES string of the molecule is CC1CCC(C)N(C(=O)c2cc3cccc(N)c3[nH]2)C1. The van der Waals surface area contributed by atoms with E-state index in [4.69, 9.17) is 5.73 Å². The number of H-pyrrole nitrogens is 1. The number of carbonyl (C=O) groups excluding carboxylic acids is 1. The second kappa shape index (κ2) is 4.85. The van der Waals surface area contributed by atoms with Crippen molar-refractivity contribution in [1.82, 2.24) is 9.88 Å². The van der Waals surface area contributed by atoms with Gasteiger partial charge in [0.2, 0.25) is 0 Å². The van der Waals surface area contributed by atoms with E-state index in [1.807, 2.05) is 29.2 Å². The van der Waals surface area contributed by atoms with E-state index in [1.165, 1.54) is 6.42 Å². The normalized spacial score (nSPS) is 23.2. The van der Waals surface area contributed by atoms with Gasteiger partial charge < -0.3 is 15.6 Å². The van der Waals surface area contributed by atoms with Crippen molar-refractivity contribution in [2.24, 2.45) is 5.92 Å². The molecule has 1 aromatic heterocycles. The number of hydrogen-bond acceptors (Lipinski definition) is 2. The molecule has 1 aromatic carbocycles. The lowest BCUT2D eigenvalue weighted by Crippen LogP contribution is -2.45. The van der Waals surface area contributed by atoms with Gasteiger partial charge in [-0.15, -0.1) is 0 Å². The summed E-state index contributed by atoms with van der Waals surface area (Å²) in [6, 6.07) is 7.94. The molecule has 1 aliphatic rings. The van der Waals surface area contributed by atoms with E-state index in [0.717, 1.165) is 23.9 Å². The molecule has 20 heavy (non-hydrogen) atoms. The van der Waals surface area contributed by atoms with Crippen molar-refractivity contribution < 1.29 is 4.79 Å². The van der Waals surface area contributed by atoms with Crippen LogP contribution in [0.4, 0.5) is 5.69 Å². The Morgan fingerprint density at radius 2 is 2.15 bits per heavy atom. The number of aromatic nitrogens is 1. The van der Waals surface area contributed by atoms with Crippen LogP contribution in [-0.4, -0.2) is 28.4 Å². The fourth-order valence-electron chi connectivity index (χ4n) is 3.02. The standard InChI is InChI=1S/C16H21N3O/c1-10-6-7-11(2)19(9-10)16(20)14-8-12-4-3-5-13(17)15(12)18-14/h3-5,8,10-11,18H,6-7,9,17H2,1-2H3. The number of amides is 1. The van der Waals surface area contributed by atoms with Crippen LogP contribution in [0.2, 0.25) is 0 Å². The lowest BCUT2D eigenvalue weighted by atomic mass is 9.95. The summed E-state index contributed by atoms with van der Waals surface area (Å²) < 4.78 is 0. The number of benzene rings is 1. The van der Waals surface area contributed by atoms with Crippen LogP contribution in [-0.2, 0) is 0 Å². The van der Waals surface area contributed by atoms with Gasteiger partial charge in [0.25, 0.3) is 5.91 Å². The van der Waals surface area contributed by atoms with Crippen LogP contribution >= 0.6 is 0 Å². The van der Waals surface area contributed by atoms with Crippen LogP contribution < -0.4 is 5.73 Å². The van der Waals surface area contributed by atoms with Gasteiger partial charge in [-0.05, 0) is 37.8 Å². The predicted octanol–water partition coefficient (Wildman–Crippen LogP) is 3.01. The number of nitrogens with two attached hydrogens (primary N) is 1. The fourth-order valence-corrected chi connectivity index (χ4v) is 3.02. The molecule has 0 spiro atoms. The molecule has 0 aliphatic carbocycles. The third-order valence-electron chi connectivity index (χ3n) is 4.30. The molecule has 106 valence electrons. The second-order valence-electron chi connectivity index (χ2n) is 5.98. The third-order valence-corrected chi connectivity index (χ3v) is 4.30. The average molecular weight is 271 g/mol. The minimum atomic E-state index is 0.0830. The Kier molecular flexibility index (Phi) is 3.16. The van der Waals surface area contributed by atoms with E-state index >= 15 is 0 Å². The number of fused-ring (bicyclic) bond motifs is 1. The van der Waals surface area contributed by atoms with E-state index in [0.29, 0.717) is 23.3 Å². The number of nitrogen functional groups attached to an aromatic ring is 1. The topological polar surface area (TPSA) is 62.1 Å². The van der Waals surface area contributed by atoms with Crippen molar-refractivity contribution in [2.45, 2.75) is 32.7 Å². The van der Waals surface area contributed by atoms with E-state index in [2.05, 4.69) is 18.8 Å². The first kappa shape index (κ1) is 13.0. The number of carbonyl (C=O) groups is 1. The maximum atomic E-state index is 12.7. The maximum absolute atomic E-state index is 12.7. The minimum Gasteiger partial charge on any atom is -0.397 e. The van der Waals surface area contributed by atoms with E-state index in [1.54, 1.807) is 0 Å². The molecule has 0 radical (unpaired) electrons. The number of para-hydroxylation sites is 1. The smallest absolute Gasteiger partial charge is 0.270 e. The van der Waals surface area contributed by atoms with Crippen molar-refractivity contribution in [3.8, 4) is 0 Å². The maximum Gasteiger partial charge on any atom is 0.270 e. The number of hydrogen-bond donors (Lipinski definition) is 2. The molecule has 2 atom stereocenters. The average Bonchev–Trinajstić information content (AvgIpc) is 2.86. The monoisotopic (exact) mass is 271 g/mol. The first-order valence-electron chi connectivity index (χ1n) is 7.24. The van der Waals surface area contributed by atoms with Crippen molar-refractivity contribution >= 4 is 22.5 Å². The summed E-state index contributed by atoms with van der Waals surface area (Å²) in [5, 5.41) is 0.992. The molecule has 1 aliphatic heterocycles. The molecule has 0 bridgehead atoms. The summed E-state index contributed by atoms with van der Waals surface area (Å²) in [6.45, 7) is 5.17. The quantitative estimate of drug-likeness (QED) is 0.783. The highest BCUT2D eigenvalue weighted by molar-refractivity contribution is 6.01. The van der Waals surface area contributed by atoms with Crippen LogP contribution in [0.15, 0.2) is 24.3 Å². The molecular weight excluding hydrogens is 250 g/mol. The van der Waals surface area contributed by atoms with Crippen LogP contribution in [0.3, 0.4) is 0 Å². The zero-order chi connectivity index (χ0) is 14.3. The van der Waals surface area contributed by atoms with Crippen LogP contribution in [0, 0.1) is 5.92 Å². The van der Waals surface area contributed by atoms with Gasteiger partial charge in [0.15, 0.2) is 0 Å². The number of nitrogens with one attached hydrogen (secondary N) is 1. The fraction of sp³-hybridized carbons (Fsp3) is 0.438. The zero-order valence-electron chi connectivity index (χ0n) is 12.0. The Balaban J connectivity index is 1.94. The highest BCUT2D eigenvalue weighted by Gasteiger charge is 2.28. The molecule has 1 amide bonds. The van der Waals surface area contributed by atoms with Crippen molar-refractivity contribution in [1.29, 1.82) is 0 Å². The molecule has 1 saturated heterocycles. The lowest BCUT2D eigenvalue weighted by molar-refractivity contribution is 0.0569. The van der Waals surface area contributed by atoms with Gasteiger partial charge in [-0.25, -0.2) is 0 Å². The minimum absolute atomic E-state index is 0.0830. The van der Waals surface area contributed by atoms with Gasteiger partial charge in [-0.3, -0.25) is 4.79 Å². The Labute approximate surface area is 118 Å². The summed E-state index contributed by atoms with van der Waals surface area (Å²) in [6.07, 6.45) is 2.28. The van der Waals surface area contributed by atoms with Crippen molar-refractivity contribution in [3.63, 3.8) is 0 Å². The van der Waals surface area contributed by atoms with Crippen LogP contribution in [0.5, 0.6) is 0 Å². The first-order valence-corrected chi connectivity index (χ1v) is 7.24. The molecule has 2 aromatic rings. The lowest BCUT2D eigenvalue weighted by Gasteiger charge is -2.36. The Morgan fingerprint density at radius 1 is 1.35 bits per heavy atom. The molecule has 4 nitrogen and oxygen atoms in total. The van der Waals surface area contributed by atoms with Gasteiger partial charge in [0, 0.05) is 18.0 Å². The van der Waals surface area contributed by atoms with E-state index in [9.17, 15) is 4.79 Å². The molecule has 2 unspecified atom stereocenters. The van der Waals surface area contributed by atoms with Crippen molar-refractivity contribution in [3.05, 3.63) is 30.0 Å². The molecule has 3 N–H and O–H groups in total. The highest BCUT2D eigenvalue weighted by Crippen LogP contribution is 2.26. The second-order valence-corrected chi connectivity index (χ2v) is 5.98. The van der Waals surface area contributed by atoms with Crippen LogP contribution in [0.1, 0.15) is 37.2 Å². The van der Waals surface area contributed by atoms with E-state index < -0.39 is 0 Å². The Morgan fingerprint density at radius 3 is 2.90 bits per heavy atom. The molecule has 3 rings (SSSR count). The molecular formula is C16H21N3O. The van der Waals surface area contributed by atoms with Crippen LogP contribution in [0.25, 0.3) is 10.9 Å². The number of piperidine rings is 1. The number of anilines is 1. The zero-order valence-corrected chi connectivity index (χ0v) is 12.0. The van der Waals surface area contributed by atoms with Gasteiger partial charge in [-0.1, -0.05) is 19.1 Å². The predicted molar refractivity (Wildman–Crippen MR) is 81.6 cm³/mol. The number of nitrogens with zero attached hydrogens (tertiary/aromatic N) is 1. The molecule has 4 heteroatoms. The van der Waals surface area contributed by atoms with Gasteiger partial charge in [0.1, 0.15) is 5.69 Å². The summed E-state index contributed by atoms with van der Waals surface area (Å²) in [5.41, 5.74) is 8.12. The summed E-state index contributed by atoms with van der Waals surface area (Å²) in [7, 11) is 0. The van der Waals surface area contributed by atoms with Crippen molar-refractivity contribution in [2.75, 3.05) is 12.3 Å². The van der Waals surface area contributed by atoms with Gasteiger partial charge >= 0.3 is 0 Å². The largest absolute Gasteiger partial charge is 0.397 e. The Hall–Kier alpha value is -1.97. The summed E-state index contributed by atoms with van der Waals surface area (Å²) in [5.74, 6) is 0.657.